The summed E-state index contributed by atoms with van der Waals surface area (Å²) in [6, 6.07) is 10.1. The second-order valence-electron chi connectivity index (χ2n) is 7.61. The standard InChI is InChI=1S/C21H24N6O/c1-2-26-19-17(23-18(24-19)15-11-7-4-8-12-15)20(28)27-21(26)22-16(25-27)13-14-9-5-3-6-10-14/h3,5-6,9-10,15H,2,4,7-8,11-13H2,1H3,(H,23,24). The normalized spacial score (nSPS) is 15.6. The minimum absolute atomic E-state index is 0.170. The Morgan fingerprint density at radius 2 is 1.89 bits per heavy atom. The van der Waals surface area contributed by atoms with E-state index in [1.54, 1.807) is 0 Å². The van der Waals surface area contributed by atoms with Crippen LogP contribution < -0.4 is 5.56 Å². The molecule has 1 saturated carbocycles. The van der Waals surface area contributed by atoms with Gasteiger partial charge in [0.05, 0.1) is 0 Å². The lowest BCUT2D eigenvalue weighted by Crippen LogP contribution is -2.19. The van der Waals surface area contributed by atoms with Crippen LogP contribution in [0.5, 0.6) is 0 Å². The van der Waals surface area contributed by atoms with Crippen molar-refractivity contribution < 1.29 is 0 Å². The number of benzene rings is 1. The van der Waals surface area contributed by atoms with Gasteiger partial charge in [-0.15, -0.1) is 5.10 Å². The van der Waals surface area contributed by atoms with E-state index in [4.69, 9.17) is 4.98 Å². The predicted octanol–water partition coefficient (Wildman–Crippen LogP) is 3.43. The van der Waals surface area contributed by atoms with E-state index in [0.717, 1.165) is 24.2 Å². The molecular weight excluding hydrogens is 352 g/mol. The molecule has 1 aliphatic rings. The molecule has 0 spiro atoms. The summed E-state index contributed by atoms with van der Waals surface area (Å²) in [6.07, 6.45) is 6.62. The molecule has 0 unspecified atom stereocenters. The number of rotatable bonds is 4. The zero-order chi connectivity index (χ0) is 19.1. The van der Waals surface area contributed by atoms with Gasteiger partial charge in [-0.3, -0.25) is 9.36 Å². The quantitative estimate of drug-likeness (QED) is 0.592. The number of nitrogens with one attached hydrogen (secondary N) is 1. The van der Waals surface area contributed by atoms with Crippen molar-refractivity contribution in [1.82, 2.24) is 29.1 Å². The third kappa shape index (κ3) is 2.82. The van der Waals surface area contributed by atoms with Crippen molar-refractivity contribution in [2.24, 2.45) is 0 Å². The number of nitrogens with zero attached hydrogens (tertiary/aromatic N) is 5. The minimum atomic E-state index is -0.170. The Morgan fingerprint density at radius 3 is 2.64 bits per heavy atom. The first kappa shape index (κ1) is 17.2. The average molecular weight is 376 g/mol. The van der Waals surface area contributed by atoms with E-state index in [-0.39, 0.29) is 5.56 Å². The first-order chi connectivity index (χ1) is 13.7. The molecule has 1 aromatic carbocycles. The smallest absolute Gasteiger partial charge is 0.301 e. The number of aromatic nitrogens is 6. The highest BCUT2D eigenvalue weighted by Gasteiger charge is 2.23. The Morgan fingerprint density at radius 1 is 1.11 bits per heavy atom. The number of hydrogen-bond acceptors (Lipinski definition) is 4. The molecule has 4 aromatic rings. The van der Waals surface area contributed by atoms with Crippen LogP contribution in [0.2, 0.25) is 0 Å². The maximum absolute atomic E-state index is 13.1. The van der Waals surface area contributed by atoms with Gasteiger partial charge in [0.2, 0.25) is 5.78 Å². The van der Waals surface area contributed by atoms with Crippen LogP contribution >= 0.6 is 0 Å². The number of aryl methyl sites for hydroxylation is 1. The zero-order valence-electron chi connectivity index (χ0n) is 16.1. The highest BCUT2D eigenvalue weighted by atomic mass is 16.1. The molecule has 5 rings (SSSR count). The van der Waals surface area contributed by atoms with Crippen molar-refractivity contribution in [2.75, 3.05) is 0 Å². The first-order valence-corrected chi connectivity index (χ1v) is 10.2. The monoisotopic (exact) mass is 376 g/mol. The predicted molar refractivity (Wildman–Crippen MR) is 108 cm³/mol. The summed E-state index contributed by atoms with van der Waals surface area (Å²) in [6.45, 7) is 2.73. The van der Waals surface area contributed by atoms with E-state index < -0.39 is 0 Å². The highest BCUT2D eigenvalue weighted by Crippen LogP contribution is 2.31. The number of fused-ring (bicyclic) bond motifs is 2. The molecule has 3 heterocycles. The number of hydrogen-bond donors (Lipinski definition) is 1. The fourth-order valence-electron chi connectivity index (χ4n) is 4.30. The Bertz CT molecular complexity index is 1180. The zero-order valence-corrected chi connectivity index (χ0v) is 16.1. The van der Waals surface area contributed by atoms with Crippen LogP contribution in [-0.4, -0.2) is 29.1 Å². The fraction of sp³-hybridized carbons (Fsp3) is 0.429. The molecule has 7 heteroatoms. The fourth-order valence-corrected chi connectivity index (χ4v) is 4.30. The summed E-state index contributed by atoms with van der Waals surface area (Å²) in [7, 11) is 0. The largest absolute Gasteiger partial charge is 0.336 e. The van der Waals surface area contributed by atoms with E-state index in [1.165, 1.54) is 23.8 Å². The first-order valence-electron chi connectivity index (χ1n) is 10.2. The average Bonchev–Trinajstić information content (AvgIpc) is 3.35. The van der Waals surface area contributed by atoms with Crippen molar-refractivity contribution in [3.05, 3.63) is 57.9 Å². The van der Waals surface area contributed by atoms with E-state index in [1.807, 2.05) is 41.8 Å². The molecule has 0 bridgehead atoms. The van der Waals surface area contributed by atoms with Crippen LogP contribution in [-0.2, 0) is 13.0 Å². The van der Waals surface area contributed by atoms with Crippen LogP contribution in [0.3, 0.4) is 0 Å². The second-order valence-corrected chi connectivity index (χ2v) is 7.61. The number of aromatic amines is 1. The van der Waals surface area contributed by atoms with Gasteiger partial charge in [0, 0.05) is 18.9 Å². The number of H-pyrrole nitrogens is 1. The Balaban J connectivity index is 1.63. The van der Waals surface area contributed by atoms with Crippen molar-refractivity contribution in [3.63, 3.8) is 0 Å². The minimum Gasteiger partial charge on any atom is -0.336 e. The lowest BCUT2D eigenvalue weighted by molar-refractivity contribution is 0.431. The van der Waals surface area contributed by atoms with Gasteiger partial charge in [-0.05, 0) is 25.3 Å². The molecule has 3 aromatic heterocycles. The van der Waals surface area contributed by atoms with Crippen LogP contribution in [0.4, 0.5) is 0 Å². The SMILES string of the molecule is CCn1c2nc(C3CCCCC3)[nH]c2c(=O)n2nc(Cc3ccccc3)nc12. The summed E-state index contributed by atoms with van der Waals surface area (Å²) in [5.74, 6) is 2.56. The molecule has 0 amide bonds. The molecule has 1 fully saturated rings. The van der Waals surface area contributed by atoms with E-state index in [0.29, 0.717) is 41.6 Å². The summed E-state index contributed by atoms with van der Waals surface area (Å²) < 4.78 is 3.41. The maximum atomic E-state index is 13.1. The van der Waals surface area contributed by atoms with Crippen LogP contribution in [0.15, 0.2) is 35.1 Å². The molecular formula is C21H24N6O. The third-order valence-electron chi connectivity index (χ3n) is 5.75. The molecule has 1 aliphatic carbocycles. The lowest BCUT2D eigenvalue weighted by Gasteiger charge is -2.18. The second kappa shape index (κ2) is 6.89. The van der Waals surface area contributed by atoms with Crippen LogP contribution in [0.25, 0.3) is 16.9 Å². The summed E-state index contributed by atoms with van der Waals surface area (Å²) in [5, 5.41) is 4.51. The van der Waals surface area contributed by atoms with Crippen LogP contribution in [0, 0.1) is 0 Å². The van der Waals surface area contributed by atoms with Gasteiger partial charge in [-0.2, -0.15) is 9.50 Å². The van der Waals surface area contributed by atoms with E-state index >= 15 is 0 Å². The Kier molecular flexibility index (Phi) is 4.22. The summed E-state index contributed by atoms with van der Waals surface area (Å²) >= 11 is 0. The van der Waals surface area contributed by atoms with Crippen molar-refractivity contribution >= 4 is 16.9 Å². The van der Waals surface area contributed by atoms with E-state index in [2.05, 4.69) is 15.1 Å². The van der Waals surface area contributed by atoms with Crippen molar-refractivity contribution in [1.29, 1.82) is 0 Å². The van der Waals surface area contributed by atoms with Gasteiger partial charge in [0.25, 0.3) is 0 Å². The maximum Gasteiger partial charge on any atom is 0.301 e. The molecule has 7 nitrogen and oxygen atoms in total. The molecule has 144 valence electrons. The van der Waals surface area contributed by atoms with Gasteiger partial charge >= 0.3 is 5.56 Å². The highest BCUT2D eigenvalue weighted by molar-refractivity contribution is 5.72. The summed E-state index contributed by atoms with van der Waals surface area (Å²) in [5.41, 5.74) is 2.18. The van der Waals surface area contributed by atoms with Gasteiger partial charge < -0.3 is 4.98 Å². The third-order valence-corrected chi connectivity index (χ3v) is 5.75. The van der Waals surface area contributed by atoms with Gasteiger partial charge in [0.15, 0.2) is 17.0 Å². The van der Waals surface area contributed by atoms with E-state index in [9.17, 15) is 4.79 Å². The van der Waals surface area contributed by atoms with Gasteiger partial charge in [-0.25, -0.2) is 4.98 Å². The molecule has 0 radical (unpaired) electrons. The topological polar surface area (TPSA) is 80.9 Å². The van der Waals surface area contributed by atoms with Crippen molar-refractivity contribution in [2.45, 2.75) is 57.9 Å². The van der Waals surface area contributed by atoms with Gasteiger partial charge in [0.1, 0.15) is 5.82 Å². The Labute approximate surface area is 162 Å². The Hall–Kier alpha value is -2.96. The molecule has 1 N–H and O–H groups in total. The molecule has 0 saturated heterocycles. The van der Waals surface area contributed by atoms with Crippen molar-refractivity contribution in [3.8, 4) is 0 Å². The molecule has 0 aliphatic heterocycles. The molecule has 0 atom stereocenters. The summed E-state index contributed by atoms with van der Waals surface area (Å²) in [4.78, 5) is 25.9. The van der Waals surface area contributed by atoms with Gasteiger partial charge in [-0.1, -0.05) is 49.6 Å². The van der Waals surface area contributed by atoms with Crippen LogP contribution in [0.1, 0.15) is 62.2 Å². The lowest BCUT2D eigenvalue weighted by atomic mass is 9.89. The molecule has 28 heavy (non-hydrogen) atoms. The number of imidazole rings is 1.